The number of nitrogens with one attached hydrogen (secondary N) is 2. The summed E-state index contributed by atoms with van der Waals surface area (Å²) < 4.78 is 0. The van der Waals surface area contributed by atoms with Crippen molar-refractivity contribution in [1.29, 1.82) is 0 Å². The third-order valence-electron chi connectivity index (χ3n) is 2.56. The molecule has 19 heavy (non-hydrogen) atoms. The van der Waals surface area contributed by atoms with E-state index in [0.717, 1.165) is 19.4 Å². The van der Waals surface area contributed by atoms with E-state index in [1.807, 2.05) is 0 Å². The highest BCUT2D eigenvalue weighted by Crippen LogP contribution is 2.13. The summed E-state index contributed by atoms with van der Waals surface area (Å²) in [5.41, 5.74) is 5.65. The van der Waals surface area contributed by atoms with Crippen LogP contribution in [-0.4, -0.2) is 34.3 Å². The molecule has 0 aliphatic heterocycles. The van der Waals surface area contributed by atoms with E-state index in [2.05, 4.69) is 41.4 Å². The van der Waals surface area contributed by atoms with Gasteiger partial charge >= 0.3 is 0 Å². The van der Waals surface area contributed by atoms with Gasteiger partial charge in [-0.15, -0.1) is 0 Å². The lowest BCUT2D eigenvalue weighted by atomic mass is 10.1. The fourth-order valence-corrected chi connectivity index (χ4v) is 1.75. The summed E-state index contributed by atoms with van der Waals surface area (Å²) in [6, 6.07) is 1.80. The molecule has 0 saturated heterocycles. The number of aromatic nitrogens is 2. The third kappa shape index (κ3) is 6.24. The second kappa shape index (κ2) is 7.78. The lowest BCUT2D eigenvalue weighted by molar-refractivity contribution is 0.161. The van der Waals surface area contributed by atoms with E-state index < -0.39 is 0 Å². The van der Waals surface area contributed by atoms with Crippen LogP contribution in [0.5, 0.6) is 0 Å². The van der Waals surface area contributed by atoms with Gasteiger partial charge < -0.3 is 21.5 Å². The van der Waals surface area contributed by atoms with Crippen molar-refractivity contribution in [2.45, 2.75) is 39.7 Å². The molecule has 0 aromatic carbocycles. The maximum atomic E-state index is 9.81. The Morgan fingerprint density at radius 3 is 2.47 bits per heavy atom. The first-order valence-electron chi connectivity index (χ1n) is 6.81. The average molecular weight is 267 g/mol. The van der Waals surface area contributed by atoms with Crippen molar-refractivity contribution < 1.29 is 5.11 Å². The average Bonchev–Trinajstić information content (AvgIpc) is 2.32. The molecule has 6 nitrogen and oxygen atoms in total. The van der Waals surface area contributed by atoms with Gasteiger partial charge in [0, 0.05) is 19.2 Å². The fraction of sp³-hybridized carbons (Fsp3) is 0.692. The summed E-state index contributed by atoms with van der Waals surface area (Å²) >= 11 is 0. The predicted molar refractivity (Wildman–Crippen MR) is 79.2 cm³/mol. The second-order valence-corrected chi connectivity index (χ2v) is 5.09. The number of nitrogens with zero attached hydrogens (tertiary/aromatic N) is 2. The molecule has 0 fully saturated rings. The van der Waals surface area contributed by atoms with E-state index in [4.69, 9.17) is 5.73 Å². The Morgan fingerprint density at radius 2 is 1.89 bits per heavy atom. The molecule has 0 aliphatic carbocycles. The van der Waals surface area contributed by atoms with Crippen LogP contribution in [0.15, 0.2) is 6.07 Å². The zero-order valence-electron chi connectivity index (χ0n) is 12.0. The van der Waals surface area contributed by atoms with Crippen LogP contribution in [0.25, 0.3) is 0 Å². The Labute approximate surface area is 114 Å². The van der Waals surface area contributed by atoms with Crippen LogP contribution >= 0.6 is 0 Å². The molecule has 1 atom stereocenters. The minimum atomic E-state index is -0.386. The van der Waals surface area contributed by atoms with Gasteiger partial charge in [-0.25, -0.2) is 0 Å². The van der Waals surface area contributed by atoms with Crippen LogP contribution in [0.1, 0.15) is 33.6 Å². The number of anilines is 3. The van der Waals surface area contributed by atoms with Gasteiger partial charge in [0.25, 0.3) is 0 Å². The van der Waals surface area contributed by atoms with Gasteiger partial charge in [0.15, 0.2) is 0 Å². The highest BCUT2D eigenvalue weighted by atomic mass is 16.3. The van der Waals surface area contributed by atoms with Crippen molar-refractivity contribution in [2.24, 2.45) is 5.92 Å². The number of nitrogens with two attached hydrogens (primary N) is 1. The van der Waals surface area contributed by atoms with Crippen molar-refractivity contribution in [2.75, 3.05) is 29.5 Å². The van der Waals surface area contributed by atoms with E-state index in [0.29, 0.717) is 24.1 Å². The Balaban J connectivity index is 2.55. The van der Waals surface area contributed by atoms with E-state index >= 15 is 0 Å². The molecule has 0 saturated carbocycles. The Hall–Kier alpha value is -1.56. The molecule has 1 aromatic heterocycles. The smallest absolute Gasteiger partial charge is 0.223 e. The lowest BCUT2D eigenvalue weighted by Crippen LogP contribution is -2.22. The van der Waals surface area contributed by atoms with E-state index in [1.54, 1.807) is 6.07 Å². The predicted octanol–water partition coefficient (Wildman–Crippen LogP) is 1.70. The maximum Gasteiger partial charge on any atom is 0.223 e. The van der Waals surface area contributed by atoms with Gasteiger partial charge in [-0.05, 0) is 18.8 Å². The van der Waals surface area contributed by atoms with Crippen LogP contribution < -0.4 is 16.4 Å². The molecule has 6 heteroatoms. The van der Waals surface area contributed by atoms with Crippen molar-refractivity contribution >= 4 is 17.6 Å². The molecule has 108 valence electrons. The van der Waals surface area contributed by atoms with Gasteiger partial charge in [-0.2, -0.15) is 9.97 Å². The first kappa shape index (κ1) is 15.5. The number of aliphatic hydroxyl groups excluding tert-OH is 1. The maximum absolute atomic E-state index is 9.81. The van der Waals surface area contributed by atoms with Gasteiger partial charge in [0.2, 0.25) is 5.95 Å². The van der Waals surface area contributed by atoms with Crippen molar-refractivity contribution in [3.8, 4) is 0 Å². The van der Waals surface area contributed by atoms with Crippen LogP contribution in [0, 0.1) is 5.92 Å². The van der Waals surface area contributed by atoms with Gasteiger partial charge in [-0.1, -0.05) is 20.8 Å². The number of nitrogen functional groups attached to an aromatic ring is 1. The molecule has 1 heterocycles. The topological polar surface area (TPSA) is 96.1 Å². The number of aliphatic hydroxyl groups is 1. The van der Waals surface area contributed by atoms with E-state index in [9.17, 15) is 5.11 Å². The van der Waals surface area contributed by atoms with Crippen molar-refractivity contribution in [3.05, 3.63) is 6.07 Å². The molecular weight excluding hydrogens is 242 g/mol. The minimum Gasteiger partial charge on any atom is -0.391 e. The molecule has 0 amide bonds. The Morgan fingerprint density at radius 1 is 1.26 bits per heavy atom. The van der Waals surface area contributed by atoms with E-state index in [-0.39, 0.29) is 12.1 Å². The van der Waals surface area contributed by atoms with E-state index in [1.165, 1.54) is 0 Å². The normalized spacial score (nSPS) is 12.5. The standard InChI is InChI=1S/C13H25N5O/c1-4-5-15-11-7-12(18-13(14)17-11)16-8-10(19)6-9(2)3/h7,9-10,19H,4-6,8H2,1-3H3,(H4,14,15,16,17,18). The van der Waals surface area contributed by atoms with Crippen LogP contribution in [0.2, 0.25) is 0 Å². The van der Waals surface area contributed by atoms with Crippen LogP contribution in [0.4, 0.5) is 17.6 Å². The summed E-state index contributed by atoms with van der Waals surface area (Å²) in [6.07, 6.45) is 1.39. The molecule has 0 bridgehead atoms. The highest BCUT2D eigenvalue weighted by Gasteiger charge is 2.08. The highest BCUT2D eigenvalue weighted by molar-refractivity contribution is 5.50. The summed E-state index contributed by atoms with van der Waals surface area (Å²) in [5.74, 6) is 2.03. The molecule has 0 aliphatic rings. The SMILES string of the molecule is CCCNc1cc(NCC(O)CC(C)C)nc(N)n1. The van der Waals surface area contributed by atoms with Gasteiger partial charge in [0.1, 0.15) is 11.6 Å². The summed E-state index contributed by atoms with van der Waals surface area (Å²) in [5, 5.41) is 16.1. The second-order valence-electron chi connectivity index (χ2n) is 5.09. The van der Waals surface area contributed by atoms with Crippen LogP contribution in [-0.2, 0) is 0 Å². The third-order valence-corrected chi connectivity index (χ3v) is 2.56. The monoisotopic (exact) mass is 267 g/mol. The Kier molecular flexibility index (Phi) is 6.35. The summed E-state index contributed by atoms with van der Waals surface area (Å²) in [7, 11) is 0. The van der Waals surface area contributed by atoms with Gasteiger partial charge in [-0.3, -0.25) is 0 Å². The molecular formula is C13H25N5O. The zero-order valence-corrected chi connectivity index (χ0v) is 12.0. The zero-order chi connectivity index (χ0) is 14.3. The molecule has 0 radical (unpaired) electrons. The molecule has 1 rings (SSSR count). The molecule has 1 unspecified atom stereocenters. The van der Waals surface area contributed by atoms with Crippen LogP contribution in [0.3, 0.4) is 0 Å². The van der Waals surface area contributed by atoms with Crippen molar-refractivity contribution in [3.63, 3.8) is 0 Å². The number of hydrogen-bond acceptors (Lipinski definition) is 6. The van der Waals surface area contributed by atoms with Gasteiger partial charge in [0.05, 0.1) is 6.10 Å². The first-order chi connectivity index (χ1) is 9.01. The number of rotatable bonds is 8. The lowest BCUT2D eigenvalue weighted by Gasteiger charge is -2.15. The molecule has 5 N–H and O–H groups in total. The first-order valence-corrected chi connectivity index (χ1v) is 6.81. The summed E-state index contributed by atoms with van der Waals surface area (Å²) in [6.45, 7) is 7.55. The van der Waals surface area contributed by atoms with Crippen molar-refractivity contribution in [1.82, 2.24) is 9.97 Å². The molecule has 0 spiro atoms. The fourth-order valence-electron chi connectivity index (χ4n) is 1.75. The largest absolute Gasteiger partial charge is 0.391 e. The number of hydrogen-bond donors (Lipinski definition) is 4. The summed E-state index contributed by atoms with van der Waals surface area (Å²) in [4.78, 5) is 8.20. The minimum absolute atomic E-state index is 0.224. The quantitative estimate of drug-likeness (QED) is 0.572. The molecule has 1 aromatic rings. The Bertz CT molecular complexity index is 383.